The van der Waals surface area contributed by atoms with Crippen LogP contribution in [-0.4, -0.2) is 85.7 Å². The summed E-state index contributed by atoms with van der Waals surface area (Å²) in [5, 5.41) is 11.8. The summed E-state index contributed by atoms with van der Waals surface area (Å²) in [6, 6.07) is -0.744. The lowest BCUT2D eigenvalue weighted by molar-refractivity contribution is -0.134. The van der Waals surface area contributed by atoms with Crippen LogP contribution in [0.3, 0.4) is 0 Å². The molecule has 0 spiro atoms. The second-order valence-corrected chi connectivity index (χ2v) is 11.8. The van der Waals surface area contributed by atoms with Gasteiger partial charge in [-0.2, -0.15) is 8.42 Å². The first-order chi connectivity index (χ1) is 17.1. The Bertz CT molecular complexity index is 1200. The van der Waals surface area contributed by atoms with E-state index in [4.69, 9.17) is 21.3 Å². The predicted molar refractivity (Wildman–Crippen MR) is 139 cm³/mol. The Morgan fingerprint density at radius 3 is 2.30 bits per heavy atom. The minimum absolute atomic E-state index is 0.144. The summed E-state index contributed by atoms with van der Waals surface area (Å²) in [5.74, 6) is 0.265. The number of nitrogens with zero attached hydrogens (tertiary/aromatic N) is 3. The van der Waals surface area contributed by atoms with Gasteiger partial charge in [0.1, 0.15) is 11.4 Å². The lowest BCUT2D eigenvalue weighted by Gasteiger charge is -2.34. The maximum absolute atomic E-state index is 13.2. The van der Waals surface area contributed by atoms with E-state index in [1.807, 2.05) is 20.8 Å². The molecule has 1 atom stereocenters. The fraction of sp³-hybridized carbons (Fsp3) is 0.625. The van der Waals surface area contributed by atoms with Crippen LogP contribution in [0.2, 0.25) is 0 Å². The van der Waals surface area contributed by atoms with Crippen molar-refractivity contribution in [3.63, 3.8) is 0 Å². The molecule has 1 unspecified atom stereocenters. The standard InChI is InChI=1S/C24H38N6O6S/c1-14-15(2)20(16(3)17-13-24(4,5)36-19(14)17)37(34,35)28-22(26)27-8-6-7-18(25)21(31)29-9-11-30(12-10-29)23(32)33/h18H,6-13,25H2,1-5H3,(H,32,33)(H3,26,27,28). The number of guanidine groups is 1. The summed E-state index contributed by atoms with van der Waals surface area (Å²) < 4.78 is 36.3. The van der Waals surface area contributed by atoms with Gasteiger partial charge < -0.3 is 36.4 Å². The second-order valence-electron chi connectivity index (χ2n) is 10.3. The molecule has 37 heavy (non-hydrogen) atoms. The van der Waals surface area contributed by atoms with E-state index in [9.17, 15) is 18.0 Å². The van der Waals surface area contributed by atoms with E-state index in [2.05, 4.69) is 9.71 Å². The van der Waals surface area contributed by atoms with Crippen LogP contribution >= 0.6 is 0 Å². The van der Waals surface area contributed by atoms with Crippen LogP contribution in [-0.2, 0) is 21.2 Å². The highest BCUT2D eigenvalue weighted by molar-refractivity contribution is 7.90. The number of rotatable bonds is 7. The minimum atomic E-state index is -4.08. The van der Waals surface area contributed by atoms with Crippen molar-refractivity contribution >= 4 is 28.0 Å². The Kier molecular flexibility index (Phi) is 8.27. The van der Waals surface area contributed by atoms with Crippen molar-refractivity contribution in [2.75, 3.05) is 32.7 Å². The molecule has 2 aliphatic rings. The molecule has 0 aromatic heterocycles. The molecule has 2 amide bonds. The number of piperazine rings is 1. The van der Waals surface area contributed by atoms with Crippen LogP contribution in [0.25, 0.3) is 0 Å². The fourth-order valence-electron chi connectivity index (χ4n) is 4.85. The number of nitrogens with two attached hydrogens (primary N) is 2. The van der Waals surface area contributed by atoms with Gasteiger partial charge in [0, 0.05) is 44.7 Å². The fourth-order valence-corrected chi connectivity index (χ4v) is 6.32. The molecule has 0 bridgehead atoms. The van der Waals surface area contributed by atoms with E-state index < -0.39 is 27.8 Å². The van der Waals surface area contributed by atoms with Crippen molar-refractivity contribution in [2.45, 2.75) is 70.4 Å². The zero-order valence-electron chi connectivity index (χ0n) is 22.1. The van der Waals surface area contributed by atoms with Gasteiger partial charge in [-0.3, -0.25) is 4.79 Å². The average molecular weight is 539 g/mol. The monoisotopic (exact) mass is 538 g/mol. The molecule has 6 N–H and O–H groups in total. The number of fused-ring (bicyclic) bond motifs is 1. The van der Waals surface area contributed by atoms with Crippen LogP contribution in [0.5, 0.6) is 5.75 Å². The molecule has 13 heteroatoms. The summed E-state index contributed by atoms with van der Waals surface area (Å²) in [7, 11) is -4.08. The van der Waals surface area contributed by atoms with Gasteiger partial charge >= 0.3 is 6.09 Å². The number of carboxylic acid groups (broad SMARTS) is 1. The van der Waals surface area contributed by atoms with Crippen molar-refractivity contribution in [3.05, 3.63) is 22.3 Å². The van der Waals surface area contributed by atoms with Crippen molar-refractivity contribution in [1.29, 1.82) is 0 Å². The summed E-state index contributed by atoms with van der Waals surface area (Å²) in [6.07, 6.45) is 0.408. The maximum Gasteiger partial charge on any atom is 0.407 e. The van der Waals surface area contributed by atoms with Gasteiger partial charge in [0.25, 0.3) is 10.0 Å². The number of nitrogens with one attached hydrogen (secondary N) is 1. The number of sulfonamides is 1. The molecule has 1 aromatic rings. The average Bonchev–Trinajstić information content (AvgIpc) is 3.15. The highest BCUT2D eigenvalue weighted by Crippen LogP contribution is 2.44. The molecule has 2 aliphatic heterocycles. The van der Waals surface area contributed by atoms with Crippen LogP contribution in [0, 0.1) is 20.8 Å². The van der Waals surface area contributed by atoms with Crippen LogP contribution in [0.15, 0.2) is 9.29 Å². The van der Waals surface area contributed by atoms with Gasteiger partial charge in [0.05, 0.1) is 10.9 Å². The molecule has 12 nitrogen and oxygen atoms in total. The number of amides is 2. The van der Waals surface area contributed by atoms with Gasteiger partial charge in [-0.1, -0.05) is 0 Å². The Morgan fingerprint density at radius 2 is 1.70 bits per heavy atom. The lowest BCUT2D eigenvalue weighted by atomic mass is 9.94. The lowest BCUT2D eigenvalue weighted by Crippen LogP contribution is -2.54. The largest absolute Gasteiger partial charge is 0.487 e. The maximum atomic E-state index is 13.2. The first kappa shape index (κ1) is 28.5. The normalized spacial score (nSPS) is 18.3. The number of carbonyl (C=O) groups is 2. The van der Waals surface area contributed by atoms with E-state index in [0.29, 0.717) is 43.5 Å². The molecule has 1 aromatic carbocycles. The smallest absolute Gasteiger partial charge is 0.407 e. The Morgan fingerprint density at radius 1 is 1.11 bits per heavy atom. The zero-order chi connectivity index (χ0) is 27.7. The van der Waals surface area contributed by atoms with Gasteiger partial charge in [-0.05, 0) is 64.2 Å². The summed E-state index contributed by atoms with van der Waals surface area (Å²) >= 11 is 0. The third-order valence-electron chi connectivity index (χ3n) is 6.95. The van der Waals surface area contributed by atoms with Crippen LogP contribution < -0.4 is 21.5 Å². The van der Waals surface area contributed by atoms with Gasteiger partial charge in [0.2, 0.25) is 11.9 Å². The Labute approximate surface area is 218 Å². The zero-order valence-corrected chi connectivity index (χ0v) is 22.9. The molecular formula is C24H38N6O6S. The number of carbonyl (C=O) groups excluding carboxylic acids is 1. The van der Waals surface area contributed by atoms with E-state index in [-0.39, 0.29) is 36.4 Å². The number of benzene rings is 1. The first-order valence-corrected chi connectivity index (χ1v) is 13.8. The number of hydrogen-bond acceptors (Lipinski definition) is 6. The SMILES string of the molecule is Cc1c(C)c(S(=O)(=O)/N=C(/N)NCCCC(N)C(=O)N2CCN(C(=O)O)CC2)c(C)c2c1OC(C)(C)C2. The van der Waals surface area contributed by atoms with E-state index in [1.54, 1.807) is 18.7 Å². The minimum Gasteiger partial charge on any atom is -0.487 e. The molecule has 1 fully saturated rings. The summed E-state index contributed by atoms with van der Waals surface area (Å²) in [5.41, 5.74) is 14.4. The van der Waals surface area contributed by atoms with Crippen molar-refractivity contribution < 1.29 is 27.9 Å². The third kappa shape index (κ3) is 6.27. The van der Waals surface area contributed by atoms with Crippen molar-refractivity contribution in [2.24, 2.45) is 15.9 Å². The van der Waals surface area contributed by atoms with E-state index in [1.165, 1.54) is 4.90 Å². The molecular weight excluding hydrogens is 500 g/mol. The quantitative estimate of drug-likeness (QED) is 0.222. The molecule has 3 rings (SSSR count). The van der Waals surface area contributed by atoms with Crippen LogP contribution in [0.1, 0.15) is 48.9 Å². The Hall–Kier alpha value is -3.06. The highest BCUT2D eigenvalue weighted by atomic mass is 32.2. The van der Waals surface area contributed by atoms with Crippen LogP contribution in [0.4, 0.5) is 4.79 Å². The molecule has 0 radical (unpaired) electrons. The van der Waals surface area contributed by atoms with E-state index in [0.717, 1.165) is 16.9 Å². The van der Waals surface area contributed by atoms with Gasteiger partial charge in [0.15, 0.2) is 0 Å². The number of ether oxygens (including phenoxy) is 1. The molecule has 206 valence electrons. The van der Waals surface area contributed by atoms with E-state index >= 15 is 0 Å². The molecule has 0 aliphatic carbocycles. The van der Waals surface area contributed by atoms with Gasteiger partial charge in [-0.15, -0.1) is 4.40 Å². The summed E-state index contributed by atoms with van der Waals surface area (Å²) in [4.78, 5) is 26.5. The number of hydrogen-bond donors (Lipinski definition) is 4. The summed E-state index contributed by atoms with van der Waals surface area (Å²) in [6.45, 7) is 10.7. The van der Waals surface area contributed by atoms with Crippen molar-refractivity contribution in [3.8, 4) is 5.75 Å². The molecule has 0 saturated carbocycles. The Balaban J connectivity index is 1.58. The first-order valence-electron chi connectivity index (χ1n) is 12.3. The predicted octanol–water partition coefficient (Wildman–Crippen LogP) is 0.848. The van der Waals surface area contributed by atoms with Crippen molar-refractivity contribution in [1.82, 2.24) is 15.1 Å². The highest BCUT2D eigenvalue weighted by Gasteiger charge is 2.36. The van der Waals surface area contributed by atoms with Gasteiger partial charge in [-0.25, -0.2) is 4.79 Å². The second kappa shape index (κ2) is 10.7. The molecule has 2 heterocycles. The molecule has 1 saturated heterocycles. The third-order valence-corrected chi connectivity index (χ3v) is 8.51. The topological polar surface area (TPSA) is 181 Å².